The van der Waals surface area contributed by atoms with Gasteiger partial charge in [0.05, 0.1) is 16.8 Å². The first kappa shape index (κ1) is 34.5. The van der Waals surface area contributed by atoms with E-state index in [1.54, 1.807) is 17.4 Å². The van der Waals surface area contributed by atoms with Crippen LogP contribution >= 0.6 is 22.9 Å². The number of nitrogens with one attached hydrogen (secondary N) is 1. The molecule has 1 unspecified atom stereocenters. The predicted molar refractivity (Wildman–Crippen MR) is 193 cm³/mol. The summed E-state index contributed by atoms with van der Waals surface area (Å²) in [5.74, 6) is -1.86. The number of aryl methyl sites for hydroxylation is 2. The number of hydrogen-bond donors (Lipinski definition) is 1. The van der Waals surface area contributed by atoms with Gasteiger partial charge in [-0.05, 0) is 57.4 Å². The Morgan fingerprint density at radius 2 is 1.65 bits per heavy atom. The quantitative estimate of drug-likeness (QED) is 0.273. The number of imide groups is 2. The van der Waals surface area contributed by atoms with Gasteiger partial charge in [-0.2, -0.15) is 0 Å². The summed E-state index contributed by atoms with van der Waals surface area (Å²) in [5.41, 5.74) is 4.14. The van der Waals surface area contributed by atoms with Crippen LogP contribution in [-0.2, 0) is 16.1 Å². The van der Waals surface area contributed by atoms with Crippen LogP contribution in [0.15, 0.2) is 41.4 Å². The number of carbonyl (C=O) groups is 4. The zero-order chi connectivity index (χ0) is 36.4. The first-order valence-electron chi connectivity index (χ1n) is 17.3. The number of amides is 4. The summed E-state index contributed by atoms with van der Waals surface area (Å²) < 4.78 is 18.0. The molecule has 0 radical (unpaired) electrons. The maximum Gasteiger partial charge on any atom is 0.265 e. The maximum atomic E-state index is 15.9. The molecule has 4 aromatic rings. The molecule has 12 nitrogen and oxygen atoms in total. The fraction of sp³-hybridized carbons (Fsp3) is 0.378. The van der Waals surface area contributed by atoms with Crippen molar-refractivity contribution < 1.29 is 23.6 Å². The van der Waals surface area contributed by atoms with Crippen molar-refractivity contribution in [3.8, 4) is 5.00 Å². The lowest BCUT2D eigenvalue weighted by molar-refractivity contribution is -0.136. The fourth-order valence-corrected chi connectivity index (χ4v) is 8.93. The Morgan fingerprint density at radius 3 is 2.38 bits per heavy atom. The molecule has 2 aromatic carbocycles. The van der Waals surface area contributed by atoms with Gasteiger partial charge in [0.1, 0.15) is 28.7 Å². The number of thiophene rings is 1. The molecule has 2 aromatic heterocycles. The number of nitrogens with zero attached hydrogens (tertiary/aromatic N) is 7. The van der Waals surface area contributed by atoms with Crippen LogP contribution in [0.4, 0.5) is 4.39 Å². The molecule has 268 valence electrons. The number of aromatic nitrogens is 3. The second kappa shape index (κ2) is 13.4. The SMILES string of the molecule is Cc1sc2c(c1C)C(c1ccc(Cl)cc1)=N[C@@H](CCN1CCN(Cc3ccc4c(c3F)C(=O)N(C3CCC(=O)NC3=O)C4=O)CC1)c1nnc(C)n1-2. The topological polar surface area (TPSA) is 133 Å². The van der Waals surface area contributed by atoms with Crippen molar-refractivity contribution in [3.05, 3.63) is 97.1 Å². The number of piperazine rings is 1. The van der Waals surface area contributed by atoms with Gasteiger partial charge in [0.15, 0.2) is 5.82 Å². The Hall–Kier alpha value is -4.63. The zero-order valence-corrected chi connectivity index (χ0v) is 30.5. The molecule has 4 aliphatic heterocycles. The summed E-state index contributed by atoms with van der Waals surface area (Å²) in [7, 11) is 0. The Bertz CT molecular complexity index is 2190. The Kier molecular flexibility index (Phi) is 8.88. The Labute approximate surface area is 308 Å². The second-order valence-electron chi connectivity index (χ2n) is 13.7. The van der Waals surface area contributed by atoms with E-state index in [4.69, 9.17) is 16.6 Å². The molecule has 8 rings (SSSR count). The minimum absolute atomic E-state index is 0.00163. The van der Waals surface area contributed by atoms with Gasteiger partial charge >= 0.3 is 0 Å². The molecule has 4 amide bonds. The van der Waals surface area contributed by atoms with E-state index in [0.717, 1.165) is 64.4 Å². The standard InChI is InChI=1S/C37H36ClFN8O4S/c1-19-20(2)52-37-29(19)32(22-4-7-24(38)8-5-22)40-26(33-43-42-21(3)46(33)37)12-13-44-14-16-45(17-15-44)18-23-6-9-25-30(31(23)39)36(51)47(35(25)50)27-10-11-28(48)41-34(27)49/h4-9,26-27H,10-18H2,1-3H3,(H,41,48,49)/t26-,27?/m0/s1. The summed E-state index contributed by atoms with van der Waals surface area (Å²) in [6, 6.07) is 9.44. The molecule has 15 heteroatoms. The largest absolute Gasteiger partial charge is 0.301 e. The zero-order valence-electron chi connectivity index (χ0n) is 28.9. The third kappa shape index (κ3) is 5.87. The number of aliphatic imine (C=N–C) groups is 1. The van der Waals surface area contributed by atoms with Crippen LogP contribution in [0.3, 0.4) is 0 Å². The minimum Gasteiger partial charge on any atom is -0.301 e. The lowest BCUT2D eigenvalue weighted by Crippen LogP contribution is -2.54. The summed E-state index contributed by atoms with van der Waals surface area (Å²) in [4.78, 5) is 62.3. The lowest BCUT2D eigenvalue weighted by Gasteiger charge is -2.35. The van der Waals surface area contributed by atoms with Crippen molar-refractivity contribution in [2.24, 2.45) is 4.99 Å². The van der Waals surface area contributed by atoms with Crippen molar-refractivity contribution in [2.75, 3.05) is 32.7 Å². The summed E-state index contributed by atoms with van der Waals surface area (Å²) in [6.07, 6.45) is 0.736. The Balaban J connectivity index is 0.957. The van der Waals surface area contributed by atoms with E-state index in [1.807, 2.05) is 31.2 Å². The van der Waals surface area contributed by atoms with Crippen molar-refractivity contribution in [1.29, 1.82) is 0 Å². The molecule has 0 saturated carbocycles. The number of halogens is 2. The molecule has 6 heterocycles. The summed E-state index contributed by atoms with van der Waals surface area (Å²) in [6.45, 7) is 10.2. The number of fused-ring (bicyclic) bond motifs is 4. The fourth-order valence-electron chi connectivity index (χ4n) is 7.59. The molecule has 2 atom stereocenters. The van der Waals surface area contributed by atoms with Crippen LogP contribution in [0.2, 0.25) is 5.02 Å². The normalized spacial score (nSPS) is 20.8. The second-order valence-corrected chi connectivity index (χ2v) is 15.4. The lowest BCUT2D eigenvalue weighted by atomic mass is 9.99. The van der Waals surface area contributed by atoms with E-state index in [9.17, 15) is 19.2 Å². The van der Waals surface area contributed by atoms with E-state index < -0.39 is 35.5 Å². The summed E-state index contributed by atoms with van der Waals surface area (Å²) >= 11 is 7.99. The number of carbonyl (C=O) groups excluding carboxylic acids is 4. The van der Waals surface area contributed by atoms with Crippen molar-refractivity contribution in [1.82, 2.24) is 34.8 Å². The number of rotatable bonds is 7. The van der Waals surface area contributed by atoms with Gasteiger partial charge in [-0.25, -0.2) is 4.39 Å². The molecule has 52 heavy (non-hydrogen) atoms. The smallest absolute Gasteiger partial charge is 0.265 e. The third-order valence-corrected chi connectivity index (χ3v) is 12.0. The first-order valence-corrected chi connectivity index (χ1v) is 18.5. The van der Waals surface area contributed by atoms with Crippen LogP contribution in [0.5, 0.6) is 0 Å². The molecule has 2 saturated heterocycles. The van der Waals surface area contributed by atoms with E-state index in [-0.39, 0.29) is 36.6 Å². The molecule has 0 aliphatic carbocycles. The molecule has 0 bridgehead atoms. The van der Waals surface area contributed by atoms with Gasteiger partial charge in [0, 0.05) is 72.3 Å². The van der Waals surface area contributed by atoms with Crippen molar-refractivity contribution >= 4 is 52.3 Å². The highest BCUT2D eigenvalue weighted by atomic mass is 35.5. The van der Waals surface area contributed by atoms with Crippen LogP contribution in [-0.4, -0.2) is 97.6 Å². The Morgan fingerprint density at radius 1 is 0.923 bits per heavy atom. The molecular weight excluding hydrogens is 707 g/mol. The van der Waals surface area contributed by atoms with Crippen LogP contribution < -0.4 is 5.32 Å². The minimum atomic E-state index is -1.14. The highest BCUT2D eigenvalue weighted by Gasteiger charge is 2.46. The first-order chi connectivity index (χ1) is 25.0. The third-order valence-electron chi connectivity index (χ3n) is 10.6. The number of benzene rings is 2. The predicted octanol–water partition coefficient (Wildman–Crippen LogP) is 4.55. The van der Waals surface area contributed by atoms with E-state index in [2.05, 4.69) is 43.7 Å². The number of piperidine rings is 1. The van der Waals surface area contributed by atoms with Crippen LogP contribution in [0.1, 0.15) is 84.8 Å². The van der Waals surface area contributed by atoms with Crippen molar-refractivity contribution in [2.45, 2.75) is 58.7 Å². The number of hydrogen-bond acceptors (Lipinski definition) is 10. The highest BCUT2D eigenvalue weighted by Crippen LogP contribution is 2.40. The average molecular weight is 743 g/mol. The molecule has 4 aliphatic rings. The van der Waals surface area contributed by atoms with Gasteiger partial charge < -0.3 is 4.90 Å². The van der Waals surface area contributed by atoms with Gasteiger partial charge in [0.2, 0.25) is 11.8 Å². The van der Waals surface area contributed by atoms with E-state index in [1.165, 1.54) is 16.5 Å². The maximum absolute atomic E-state index is 15.9. The molecule has 0 spiro atoms. The van der Waals surface area contributed by atoms with Gasteiger partial charge in [-0.15, -0.1) is 21.5 Å². The molecule has 1 N–H and O–H groups in total. The van der Waals surface area contributed by atoms with Gasteiger partial charge in [-0.3, -0.25) is 43.9 Å². The monoisotopic (exact) mass is 742 g/mol. The van der Waals surface area contributed by atoms with Gasteiger partial charge in [0.25, 0.3) is 11.8 Å². The average Bonchev–Trinajstić information content (AvgIpc) is 3.69. The molecular formula is C37H36ClFN8O4S. The van der Waals surface area contributed by atoms with Crippen LogP contribution in [0.25, 0.3) is 5.00 Å². The summed E-state index contributed by atoms with van der Waals surface area (Å²) in [5, 5.41) is 13.0. The molecule has 2 fully saturated rings. The van der Waals surface area contributed by atoms with Gasteiger partial charge in [-0.1, -0.05) is 29.8 Å². The van der Waals surface area contributed by atoms with E-state index in [0.29, 0.717) is 23.7 Å². The van der Waals surface area contributed by atoms with E-state index >= 15 is 4.39 Å². The highest BCUT2D eigenvalue weighted by molar-refractivity contribution is 7.15. The van der Waals surface area contributed by atoms with Crippen molar-refractivity contribution in [3.63, 3.8) is 0 Å². The van der Waals surface area contributed by atoms with Crippen LogP contribution in [0, 0.1) is 26.6 Å².